The lowest BCUT2D eigenvalue weighted by atomic mass is 10.2. The van der Waals surface area contributed by atoms with Crippen molar-refractivity contribution < 1.29 is 18.1 Å². The number of nitrogens with two attached hydrogens (primary N) is 1. The molecule has 0 saturated carbocycles. The molecule has 0 radical (unpaired) electrons. The van der Waals surface area contributed by atoms with Crippen LogP contribution in [0.2, 0.25) is 0 Å². The normalized spacial score (nSPS) is 21.4. The first-order valence-electron chi connectivity index (χ1n) is 6.58. The van der Waals surface area contributed by atoms with E-state index in [9.17, 15) is 4.79 Å². The number of hydrogen-bond donors (Lipinski definition) is 1. The number of rotatable bonds is 8. The van der Waals surface area contributed by atoms with Gasteiger partial charge < -0.3 is 13.3 Å². The van der Waals surface area contributed by atoms with Crippen molar-refractivity contribution in [2.45, 2.75) is 39.7 Å². The smallest absolute Gasteiger partial charge is 0.369 e. The minimum absolute atomic E-state index is 0.104. The molecule has 1 atom stereocenters. The number of hydrogen-bond acceptors (Lipinski definition) is 6. The minimum Gasteiger partial charge on any atom is -0.369 e. The third-order valence-electron chi connectivity index (χ3n) is 2.90. The molecule has 0 aromatic carbocycles. The van der Waals surface area contributed by atoms with Crippen molar-refractivity contribution in [3.8, 4) is 0 Å². The maximum absolute atomic E-state index is 12.6. The lowest BCUT2D eigenvalue weighted by molar-refractivity contribution is -0.123. The summed E-state index contributed by atoms with van der Waals surface area (Å²) in [7, 11) is -3.27. The molecule has 1 aliphatic rings. The number of hydrazine groups is 1. The summed E-state index contributed by atoms with van der Waals surface area (Å²) in [5.74, 6) is 5.83. The lowest BCUT2D eigenvalue weighted by Gasteiger charge is -2.30. The van der Waals surface area contributed by atoms with Crippen LogP contribution in [0.1, 0.15) is 33.6 Å². The molecular formula is C11H24N2O4Si. The molecule has 6 nitrogen and oxygen atoms in total. The first kappa shape index (κ1) is 15.7. The molecule has 1 saturated heterocycles. The number of carbonyl (C=O) groups is 1. The number of nitrogens with zero attached hydrogens (tertiary/aromatic N) is 1. The van der Waals surface area contributed by atoms with Crippen LogP contribution in [0, 0.1) is 0 Å². The van der Waals surface area contributed by atoms with Crippen LogP contribution in [0.15, 0.2) is 0 Å². The average molecular weight is 276 g/mol. The monoisotopic (exact) mass is 276 g/mol. The van der Waals surface area contributed by atoms with Gasteiger partial charge in [-0.1, -0.05) is 0 Å². The Balaban J connectivity index is 2.88. The molecule has 0 aromatic heterocycles. The summed E-state index contributed by atoms with van der Waals surface area (Å²) in [6, 6.07) is -0.332. The highest BCUT2D eigenvalue weighted by atomic mass is 28.4. The molecule has 7 heteroatoms. The fraction of sp³-hybridized carbons (Fsp3) is 0.909. The fourth-order valence-electron chi connectivity index (χ4n) is 2.18. The molecule has 0 unspecified atom stereocenters. The van der Waals surface area contributed by atoms with Crippen molar-refractivity contribution in [1.82, 2.24) is 5.01 Å². The summed E-state index contributed by atoms with van der Waals surface area (Å²) >= 11 is 0. The van der Waals surface area contributed by atoms with E-state index in [2.05, 4.69) is 0 Å². The van der Waals surface area contributed by atoms with E-state index in [1.807, 2.05) is 20.8 Å². The maximum Gasteiger partial charge on any atom is 0.576 e. The van der Waals surface area contributed by atoms with E-state index < -0.39 is 8.80 Å². The molecular weight excluding hydrogens is 252 g/mol. The molecule has 0 bridgehead atoms. The van der Waals surface area contributed by atoms with Crippen LogP contribution in [-0.2, 0) is 18.1 Å². The van der Waals surface area contributed by atoms with Crippen LogP contribution in [0.25, 0.3) is 0 Å². The highest BCUT2D eigenvalue weighted by Crippen LogP contribution is 2.22. The van der Waals surface area contributed by atoms with Crippen molar-refractivity contribution in [2.24, 2.45) is 5.84 Å². The topological polar surface area (TPSA) is 74.0 Å². The Hall–Kier alpha value is -0.313. The van der Waals surface area contributed by atoms with Gasteiger partial charge in [-0.25, -0.2) is 5.01 Å². The highest BCUT2D eigenvalue weighted by molar-refractivity contribution is 6.93. The summed E-state index contributed by atoms with van der Waals surface area (Å²) in [5, 5.41) is 1.47. The van der Waals surface area contributed by atoms with Gasteiger partial charge in [-0.05, 0) is 33.6 Å². The van der Waals surface area contributed by atoms with Gasteiger partial charge in [-0.3, -0.25) is 10.6 Å². The van der Waals surface area contributed by atoms with Gasteiger partial charge in [0.2, 0.25) is 5.41 Å². The van der Waals surface area contributed by atoms with Crippen LogP contribution in [0.4, 0.5) is 0 Å². The highest BCUT2D eigenvalue weighted by Gasteiger charge is 2.54. The van der Waals surface area contributed by atoms with Crippen LogP contribution in [0.3, 0.4) is 0 Å². The zero-order chi connectivity index (χ0) is 13.6. The van der Waals surface area contributed by atoms with Crippen LogP contribution < -0.4 is 5.84 Å². The second kappa shape index (κ2) is 7.32. The van der Waals surface area contributed by atoms with E-state index in [1.165, 1.54) is 0 Å². The molecule has 106 valence electrons. The Labute approximate surface area is 110 Å². The molecule has 0 aliphatic carbocycles. The second-order valence-electron chi connectivity index (χ2n) is 4.12. The molecule has 0 aromatic rings. The first-order chi connectivity index (χ1) is 8.61. The Morgan fingerprint density at radius 1 is 1.22 bits per heavy atom. The van der Waals surface area contributed by atoms with E-state index in [0.717, 1.165) is 19.4 Å². The molecule has 18 heavy (non-hydrogen) atoms. The molecule has 1 fully saturated rings. The average Bonchev–Trinajstić information content (AvgIpc) is 2.75. The molecule has 1 rings (SSSR count). The SMILES string of the molecule is CCO[Si](OCC)(OCC)C(=O)[C@@H]1CCCN1N. The van der Waals surface area contributed by atoms with Crippen molar-refractivity contribution >= 4 is 14.2 Å². The maximum atomic E-state index is 12.6. The minimum atomic E-state index is -3.27. The van der Waals surface area contributed by atoms with Gasteiger partial charge in [0, 0.05) is 26.4 Å². The van der Waals surface area contributed by atoms with E-state index in [1.54, 1.807) is 5.01 Å². The predicted octanol–water partition coefficient (Wildman–Crippen LogP) is 0.481. The van der Waals surface area contributed by atoms with E-state index in [-0.39, 0.29) is 11.4 Å². The Morgan fingerprint density at radius 3 is 2.06 bits per heavy atom. The van der Waals surface area contributed by atoms with Crippen molar-refractivity contribution in [1.29, 1.82) is 0 Å². The zero-order valence-electron chi connectivity index (χ0n) is 11.5. The Kier molecular flexibility index (Phi) is 6.40. The molecule has 2 N–H and O–H groups in total. The first-order valence-corrected chi connectivity index (χ1v) is 8.31. The number of carbonyl (C=O) groups excluding carboxylic acids is 1. The predicted molar refractivity (Wildman–Crippen MR) is 69.6 cm³/mol. The van der Waals surface area contributed by atoms with Crippen molar-refractivity contribution in [2.75, 3.05) is 26.4 Å². The van der Waals surface area contributed by atoms with Gasteiger partial charge in [0.15, 0.2) is 0 Å². The van der Waals surface area contributed by atoms with Crippen LogP contribution in [-0.4, -0.2) is 51.6 Å². The van der Waals surface area contributed by atoms with E-state index in [4.69, 9.17) is 19.1 Å². The van der Waals surface area contributed by atoms with Gasteiger partial charge in [0.1, 0.15) is 0 Å². The molecule has 1 heterocycles. The summed E-state index contributed by atoms with van der Waals surface area (Å²) in [6.45, 7) is 7.43. The summed E-state index contributed by atoms with van der Waals surface area (Å²) in [5.41, 5.74) is 0. The van der Waals surface area contributed by atoms with Crippen molar-refractivity contribution in [3.63, 3.8) is 0 Å². The molecule has 0 spiro atoms. The largest absolute Gasteiger partial charge is 0.576 e. The third-order valence-corrected chi connectivity index (χ3v) is 5.84. The Bertz CT molecular complexity index is 261. The summed E-state index contributed by atoms with van der Waals surface area (Å²) in [6.07, 6.45) is 1.67. The van der Waals surface area contributed by atoms with Gasteiger partial charge in [0.25, 0.3) is 0 Å². The van der Waals surface area contributed by atoms with Gasteiger partial charge in [-0.15, -0.1) is 0 Å². The molecule has 1 aliphatic heterocycles. The summed E-state index contributed by atoms with van der Waals surface area (Å²) in [4.78, 5) is 12.6. The zero-order valence-corrected chi connectivity index (χ0v) is 12.5. The fourth-order valence-corrected chi connectivity index (χ4v) is 4.72. The van der Waals surface area contributed by atoms with E-state index in [0.29, 0.717) is 19.8 Å². The van der Waals surface area contributed by atoms with Crippen LogP contribution in [0.5, 0.6) is 0 Å². The standard InChI is InChI=1S/C11H24N2O4Si/c1-4-15-18(16-5-2,17-6-3)11(14)10-8-7-9-13(10)12/h10H,4-9,12H2,1-3H3/t10-/m0/s1. The lowest BCUT2D eigenvalue weighted by Crippen LogP contribution is -2.61. The van der Waals surface area contributed by atoms with Gasteiger partial charge >= 0.3 is 8.80 Å². The van der Waals surface area contributed by atoms with E-state index >= 15 is 0 Å². The van der Waals surface area contributed by atoms with Gasteiger partial charge in [-0.2, -0.15) is 0 Å². The summed E-state index contributed by atoms with van der Waals surface area (Å²) < 4.78 is 16.8. The molecule has 0 amide bonds. The Morgan fingerprint density at radius 2 is 1.72 bits per heavy atom. The van der Waals surface area contributed by atoms with Crippen molar-refractivity contribution in [3.05, 3.63) is 0 Å². The van der Waals surface area contributed by atoms with Crippen LogP contribution >= 0.6 is 0 Å². The quantitative estimate of drug-likeness (QED) is 0.513. The third kappa shape index (κ3) is 3.37. The second-order valence-corrected chi connectivity index (χ2v) is 6.59. The van der Waals surface area contributed by atoms with Gasteiger partial charge in [0.05, 0.1) is 6.04 Å².